The molecule has 0 atom stereocenters. The zero-order valence-corrected chi connectivity index (χ0v) is 27.1. The van der Waals surface area contributed by atoms with Crippen LogP contribution in [0.25, 0.3) is 0 Å². The van der Waals surface area contributed by atoms with Crippen LogP contribution in [0, 0.1) is 0 Å². The van der Waals surface area contributed by atoms with Crippen molar-refractivity contribution < 1.29 is 56.9 Å². The Labute approximate surface area is 233 Å². The van der Waals surface area contributed by atoms with Crippen molar-refractivity contribution in [3.05, 3.63) is 0 Å². The van der Waals surface area contributed by atoms with E-state index in [1.54, 1.807) is 0 Å². The molecule has 6 heteroatoms. The summed E-state index contributed by atoms with van der Waals surface area (Å²) in [5.41, 5.74) is 0. The summed E-state index contributed by atoms with van der Waals surface area (Å²) in [6, 6.07) is 0. The van der Waals surface area contributed by atoms with E-state index in [4.69, 9.17) is 0 Å². The molecule has 0 N–H and O–H groups in total. The van der Waals surface area contributed by atoms with Gasteiger partial charge in [0, 0.05) is 0 Å². The SMILES string of the molecule is CCCCCCCC[N+](C)(C)CCSSCC[N+](C)(C)CCCCCCCC.[I-].[I-]. The van der Waals surface area contributed by atoms with E-state index in [1.807, 2.05) is 0 Å². The van der Waals surface area contributed by atoms with Crippen LogP contribution in [0.5, 0.6) is 0 Å². The lowest BCUT2D eigenvalue weighted by atomic mass is 10.1. The van der Waals surface area contributed by atoms with Crippen molar-refractivity contribution in [2.75, 3.05) is 65.9 Å². The fourth-order valence-corrected chi connectivity index (χ4v) is 6.08. The number of rotatable bonds is 21. The summed E-state index contributed by atoms with van der Waals surface area (Å²) in [5.74, 6) is 2.58. The number of quaternary nitrogens is 2. The van der Waals surface area contributed by atoms with Crippen LogP contribution in [-0.4, -0.2) is 74.8 Å². The van der Waals surface area contributed by atoms with E-state index in [-0.39, 0.29) is 48.0 Å². The first-order chi connectivity index (χ1) is 13.3. The lowest BCUT2D eigenvalue weighted by Crippen LogP contribution is -3.00. The van der Waals surface area contributed by atoms with E-state index in [0.29, 0.717) is 0 Å². The molecular formula is C24H54I2N2S2. The molecule has 0 aliphatic carbocycles. The molecule has 0 amide bonds. The minimum absolute atomic E-state index is 0. The molecule has 0 unspecified atom stereocenters. The maximum atomic E-state index is 2.41. The molecule has 30 heavy (non-hydrogen) atoms. The van der Waals surface area contributed by atoms with Crippen molar-refractivity contribution in [1.29, 1.82) is 0 Å². The second-order valence-corrected chi connectivity index (χ2v) is 12.6. The average molecular weight is 689 g/mol. The Kier molecular flexibility index (Phi) is 29.6. The third kappa shape index (κ3) is 26.3. The summed E-state index contributed by atoms with van der Waals surface area (Å²) in [6.07, 6.45) is 16.9. The summed E-state index contributed by atoms with van der Waals surface area (Å²) in [4.78, 5) is 0. The van der Waals surface area contributed by atoms with Gasteiger partial charge in [0.05, 0.1) is 65.9 Å². The van der Waals surface area contributed by atoms with Gasteiger partial charge >= 0.3 is 0 Å². The zero-order valence-electron chi connectivity index (χ0n) is 21.2. The molecule has 0 radical (unpaired) electrons. The Morgan fingerprint density at radius 2 is 0.733 bits per heavy atom. The molecule has 0 aromatic rings. The number of unbranched alkanes of at least 4 members (excludes halogenated alkanes) is 10. The van der Waals surface area contributed by atoms with Crippen LogP contribution in [0.1, 0.15) is 90.9 Å². The molecule has 0 aliphatic rings. The Morgan fingerprint density at radius 1 is 0.433 bits per heavy atom. The fraction of sp³-hybridized carbons (Fsp3) is 1.00. The van der Waals surface area contributed by atoms with Gasteiger partial charge in [0.2, 0.25) is 0 Å². The van der Waals surface area contributed by atoms with Gasteiger partial charge in [-0.1, -0.05) is 86.8 Å². The highest BCUT2D eigenvalue weighted by Gasteiger charge is 2.16. The largest absolute Gasteiger partial charge is 1.00 e. The van der Waals surface area contributed by atoms with E-state index in [2.05, 4.69) is 63.6 Å². The van der Waals surface area contributed by atoms with Gasteiger partial charge in [-0.3, -0.25) is 0 Å². The molecule has 2 nitrogen and oxygen atoms in total. The van der Waals surface area contributed by atoms with E-state index in [0.717, 1.165) is 0 Å². The maximum absolute atomic E-state index is 2.41. The van der Waals surface area contributed by atoms with Crippen LogP contribution < -0.4 is 48.0 Å². The number of hydrogen-bond donors (Lipinski definition) is 0. The van der Waals surface area contributed by atoms with E-state index >= 15 is 0 Å². The Balaban J connectivity index is -0.00000364. The van der Waals surface area contributed by atoms with E-state index < -0.39 is 0 Å². The monoisotopic (exact) mass is 688 g/mol. The Morgan fingerprint density at radius 3 is 1.07 bits per heavy atom. The topological polar surface area (TPSA) is 0 Å². The lowest BCUT2D eigenvalue weighted by molar-refractivity contribution is -0.888. The van der Waals surface area contributed by atoms with Crippen LogP contribution in [0.2, 0.25) is 0 Å². The van der Waals surface area contributed by atoms with Gasteiger partial charge in [-0.05, 0) is 25.7 Å². The first kappa shape index (κ1) is 36.6. The van der Waals surface area contributed by atoms with Crippen molar-refractivity contribution in [2.24, 2.45) is 0 Å². The van der Waals surface area contributed by atoms with Gasteiger partial charge in [0.15, 0.2) is 0 Å². The Hall–Kier alpha value is 2.08. The summed E-state index contributed by atoms with van der Waals surface area (Å²) in [6.45, 7) is 9.90. The van der Waals surface area contributed by atoms with E-state index in [9.17, 15) is 0 Å². The molecule has 0 aliphatic heterocycles. The molecule has 0 spiro atoms. The van der Waals surface area contributed by atoms with Crippen molar-refractivity contribution in [1.82, 2.24) is 0 Å². The number of nitrogens with zero attached hydrogens (tertiary/aromatic N) is 2. The number of halogens is 2. The van der Waals surface area contributed by atoms with Crippen LogP contribution in [0.15, 0.2) is 0 Å². The van der Waals surface area contributed by atoms with Gasteiger partial charge in [-0.25, -0.2) is 0 Å². The van der Waals surface area contributed by atoms with Crippen LogP contribution in [0.3, 0.4) is 0 Å². The summed E-state index contributed by atoms with van der Waals surface area (Å²) < 4.78 is 2.39. The third-order valence-corrected chi connectivity index (χ3v) is 8.24. The van der Waals surface area contributed by atoms with Gasteiger partial charge in [-0.2, -0.15) is 0 Å². The van der Waals surface area contributed by atoms with Crippen molar-refractivity contribution in [3.63, 3.8) is 0 Å². The van der Waals surface area contributed by atoms with Crippen LogP contribution >= 0.6 is 21.6 Å². The molecule has 186 valence electrons. The first-order valence-corrected chi connectivity index (χ1v) is 14.7. The summed E-state index contributed by atoms with van der Waals surface area (Å²) in [7, 11) is 13.9. The minimum Gasteiger partial charge on any atom is -1.00 e. The molecule has 0 saturated heterocycles. The van der Waals surface area contributed by atoms with Crippen LogP contribution in [-0.2, 0) is 0 Å². The minimum atomic E-state index is 0. The van der Waals surface area contributed by atoms with Crippen molar-refractivity contribution in [3.8, 4) is 0 Å². The summed E-state index contributed by atoms with van der Waals surface area (Å²) >= 11 is 0. The second kappa shape index (κ2) is 24.2. The third-order valence-electron chi connectivity index (χ3n) is 5.88. The predicted molar refractivity (Wildman–Crippen MR) is 135 cm³/mol. The quantitative estimate of drug-likeness (QED) is 0.0772. The standard InChI is InChI=1S/C24H54N2S2.2HI/c1-7-9-11-13-15-17-19-25(3,4)21-23-27-28-24-22-26(5,6)20-18-16-14-12-10-8-2;;/h7-24H2,1-6H3;2*1H/q+2;;/p-2. The Bertz CT molecular complexity index is 311. The lowest BCUT2D eigenvalue weighted by Gasteiger charge is -2.30. The van der Waals surface area contributed by atoms with Gasteiger partial charge < -0.3 is 56.9 Å². The van der Waals surface area contributed by atoms with Crippen molar-refractivity contribution >= 4 is 21.6 Å². The molecule has 0 fully saturated rings. The highest BCUT2D eigenvalue weighted by molar-refractivity contribution is 8.76. The highest BCUT2D eigenvalue weighted by atomic mass is 127. The van der Waals surface area contributed by atoms with E-state index in [1.165, 1.54) is 124 Å². The smallest absolute Gasteiger partial charge is 0.0882 e. The normalized spacial score (nSPS) is 11.8. The molecule has 0 heterocycles. The molecular weight excluding hydrogens is 634 g/mol. The highest BCUT2D eigenvalue weighted by Crippen LogP contribution is 2.23. The molecule has 0 bridgehead atoms. The van der Waals surface area contributed by atoms with Crippen molar-refractivity contribution in [2.45, 2.75) is 90.9 Å². The summed E-state index contributed by atoms with van der Waals surface area (Å²) in [5, 5.41) is 0. The van der Waals surface area contributed by atoms with Crippen LogP contribution in [0.4, 0.5) is 0 Å². The molecule has 0 aromatic carbocycles. The molecule has 0 saturated carbocycles. The fourth-order valence-electron chi connectivity index (χ4n) is 3.55. The van der Waals surface area contributed by atoms with Gasteiger partial charge in [0.1, 0.15) is 0 Å². The second-order valence-electron chi connectivity index (χ2n) is 9.95. The van der Waals surface area contributed by atoms with Gasteiger partial charge in [0.25, 0.3) is 0 Å². The zero-order chi connectivity index (χ0) is 21.1. The molecule has 0 rings (SSSR count). The molecule has 0 aromatic heterocycles. The predicted octanol–water partition coefficient (Wildman–Crippen LogP) is 1.25. The first-order valence-electron chi connectivity index (χ1n) is 12.2. The maximum Gasteiger partial charge on any atom is 0.0882 e. The van der Waals surface area contributed by atoms with Gasteiger partial charge in [-0.15, -0.1) is 0 Å². The number of hydrogen-bond acceptors (Lipinski definition) is 2. The average Bonchev–Trinajstić information content (AvgIpc) is 2.64.